The van der Waals surface area contributed by atoms with Gasteiger partial charge in [0.1, 0.15) is 13.0 Å². The van der Waals surface area contributed by atoms with Gasteiger partial charge < -0.3 is 5.11 Å². The topological polar surface area (TPSA) is 63.1 Å². The second-order valence-electron chi connectivity index (χ2n) is 11.6. The molecule has 0 bridgehead atoms. The van der Waals surface area contributed by atoms with E-state index in [4.69, 9.17) is 0 Å². The first-order valence-electron chi connectivity index (χ1n) is 14.7. The quantitative estimate of drug-likeness (QED) is 0.0754. The Labute approximate surface area is 269 Å². The van der Waals surface area contributed by atoms with Gasteiger partial charge in [0, 0.05) is 48.4 Å². The first-order chi connectivity index (χ1) is 19.5. The number of hydrogen-bond donors (Lipinski definition) is 1. The number of alkyl halides is 1. The van der Waals surface area contributed by atoms with Gasteiger partial charge >= 0.3 is 0 Å². The number of halogens is 1. The van der Waals surface area contributed by atoms with Crippen molar-refractivity contribution in [2.75, 3.05) is 0 Å². The van der Waals surface area contributed by atoms with E-state index >= 15 is 0 Å². The van der Waals surface area contributed by atoms with Gasteiger partial charge in [0.2, 0.25) is 0 Å². The normalized spacial score (nSPS) is 12.0. The van der Waals surface area contributed by atoms with E-state index in [1.165, 1.54) is 16.1 Å². The van der Waals surface area contributed by atoms with Crippen LogP contribution in [0.3, 0.4) is 0 Å². The summed E-state index contributed by atoms with van der Waals surface area (Å²) >= 11 is 1.79. The van der Waals surface area contributed by atoms with Crippen molar-refractivity contribution < 1.29 is 34.4 Å². The predicted octanol–water partition coefficient (Wildman–Crippen LogP) is 9.50. The van der Waals surface area contributed by atoms with Crippen LogP contribution in [-0.4, -0.2) is 28.9 Å². The van der Waals surface area contributed by atoms with Gasteiger partial charge in [0.25, 0.3) is 0 Å². The summed E-state index contributed by atoms with van der Waals surface area (Å²) in [6.45, 7) is 16.8. The third kappa shape index (κ3) is 8.22. The Morgan fingerprint density at radius 3 is 2.24 bits per heavy atom. The van der Waals surface area contributed by atoms with E-state index in [-0.39, 0.29) is 43.5 Å². The van der Waals surface area contributed by atoms with Gasteiger partial charge in [-0.1, -0.05) is 82.0 Å². The minimum atomic E-state index is -1.47. The molecule has 1 N–H and O–H groups in total. The Morgan fingerprint density at radius 2 is 1.67 bits per heavy atom. The van der Waals surface area contributed by atoms with Crippen LogP contribution in [0.15, 0.2) is 48.5 Å². The van der Waals surface area contributed by atoms with Gasteiger partial charge in [0.15, 0.2) is 5.78 Å². The first kappa shape index (κ1) is 35.9. The fourth-order valence-electron chi connectivity index (χ4n) is 5.25. The van der Waals surface area contributed by atoms with Crippen molar-refractivity contribution in [3.63, 3.8) is 0 Å². The van der Waals surface area contributed by atoms with Crippen LogP contribution < -0.4 is 4.50 Å². The van der Waals surface area contributed by atoms with E-state index in [1.807, 2.05) is 58.0 Å². The Hall–Kier alpha value is -2.25. The zero-order chi connectivity index (χ0) is 30.3. The molecule has 2 aromatic heterocycles. The standard InChI is InChI=1S/C21H20FN2SSi.C13H24O2.Ir/c1-13-18-20(25-21(13)26(2,3)4)19(24-12-23-18)15-9-14-7-5-6-8-17(14)16(10-15)11-22;1-5-10(6-2)12(14)9-13(15)11(7-3)8-4;/h5-8,10,12H,11H2,1-4H3;9-11,14H,5-8H2,1-4H3;/q-1;;/b;12-9-;. The number of aromatic nitrogens is 2. The van der Waals surface area contributed by atoms with Crippen LogP contribution in [0.25, 0.3) is 32.2 Å². The fourth-order valence-corrected chi connectivity index (χ4v) is 9.04. The molecule has 0 atom stereocenters. The number of allylic oxidation sites excluding steroid dienone is 2. The maximum Gasteiger partial charge on any atom is 0.162 e. The van der Waals surface area contributed by atoms with E-state index in [0.29, 0.717) is 5.56 Å². The number of thiophene rings is 1. The largest absolute Gasteiger partial charge is 0.512 e. The van der Waals surface area contributed by atoms with E-state index in [1.54, 1.807) is 17.7 Å². The third-order valence-corrected chi connectivity index (χ3v) is 12.7. The molecule has 0 aliphatic heterocycles. The Kier molecular flexibility index (Phi) is 13.7. The number of benzene rings is 2. The Morgan fingerprint density at radius 1 is 1.05 bits per heavy atom. The zero-order valence-electron chi connectivity index (χ0n) is 26.1. The van der Waals surface area contributed by atoms with Crippen molar-refractivity contribution in [2.24, 2.45) is 11.8 Å². The van der Waals surface area contributed by atoms with Crippen LogP contribution in [0.5, 0.6) is 0 Å². The number of carbonyl (C=O) groups is 1. The maximum atomic E-state index is 13.7. The molecule has 2 heterocycles. The molecule has 42 heavy (non-hydrogen) atoms. The predicted molar refractivity (Wildman–Crippen MR) is 176 cm³/mol. The van der Waals surface area contributed by atoms with Crippen molar-refractivity contribution in [1.82, 2.24) is 9.97 Å². The van der Waals surface area contributed by atoms with Crippen molar-refractivity contribution in [1.29, 1.82) is 0 Å². The molecule has 0 saturated heterocycles. The summed E-state index contributed by atoms with van der Waals surface area (Å²) < 4.78 is 16.2. The van der Waals surface area contributed by atoms with Crippen LogP contribution in [0.2, 0.25) is 19.6 Å². The average Bonchev–Trinajstić information content (AvgIpc) is 3.31. The minimum Gasteiger partial charge on any atom is -0.512 e. The van der Waals surface area contributed by atoms with Crippen molar-refractivity contribution in [3.8, 4) is 11.3 Å². The molecule has 2 aromatic carbocycles. The number of aryl methyl sites for hydroxylation is 1. The molecule has 0 spiro atoms. The van der Waals surface area contributed by atoms with E-state index in [9.17, 15) is 14.3 Å². The smallest absolute Gasteiger partial charge is 0.162 e. The Bertz CT molecular complexity index is 1520. The van der Waals surface area contributed by atoms with Gasteiger partial charge in [0.05, 0.1) is 19.3 Å². The molecule has 0 aliphatic carbocycles. The van der Waals surface area contributed by atoms with Gasteiger partial charge in [-0.25, -0.2) is 9.37 Å². The van der Waals surface area contributed by atoms with Crippen molar-refractivity contribution >= 4 is 50.7 Å². The van der Waals surface area contributed by atoms with Crippen molar-refractivity contribution in [2.45, 2.75) is 86.6 Å². The summed E-state index contributed by atoms with van der Waals surface area (Å²) in [5.41, 5.74) is 4.65. The second kappa shape index (κ2) is 16.0. The molecule has 0 saturated carbocycles. The molecule has 8 heteroatoms. The summed E-state index contributed by atoms with van der Waals surface area (Å²) in [7, 11) is -1.47. The summed E-state index contributed by atoms with van der Waals surface area (Å²) in [6.07, 6.45) is 6.52. The summed E-state index contributed by atoms with van der Waals surface area (Å²) in [5, 5.41) is 11.6. The summed E-state index contributed by atoms with van der Waals surface area (Å²) in [4.78, 5) is 20.8. The number of hydrogen-bond acceptors (Lipinski definition) is 5. The molecule has 0 unspecified atom stereocenters. The number of fused-ring (bicyclic) bond motifs is 2. The second-order valence-corrected chi connectivity index (χ2v) is 18.0. The number of rotatable bonds is 10. The van der Waals surface area contributed by atoms with Crippen LogP contribution in [0.1, 0.15) is 64.5 Å². The molecule has 0 fully saturated rings. The molecule has 1 radical (unpaired) electrons. The first-order valence-corrected chi connectivity index (χ1v) is 19.0. The average molecular weight is 784 g/mol. The molecular formula is C34H44FIrN2O2SSi-. The molecule has 4 nitrogen and oxygen atoms in total. The van der Waals surface area contributed by atoms with E-state index in [2.05, 4.69) is 42.6 Å². The van der Waals surface area contributed by atoms with Gasteiger partial charge in [-0.3, -0.25) is 9.78 Å². The summed E-state index contributed by atoms with van der Waals surface area (Å²) in [6, 6.07) is 13.1. The van der Waals surface area contributed by atoms with Crippen LogP contribution in [0, 0.1) is 24.8 Å². The number of aliphatic hydroxyl groups is 1. The number of aliphatic hydroxyl groups excluding tert-OH is 1. The fraction of sp³-hybridized carbons (Fsp3) is 0.441. The SMILES string of the molecule is CCC(CC)C(=O)/C=C(\O)C(CC)CC.Cc1c([Si](C)(C)C)sc2c(-c3[c-]c4ccccc4c(CF)c3)ncnc12.[Ir]. The van der Waals surface area contributed by atoms with Gasteiger partial charge in [-0.15, -0.1) is 34.9 Å². The van der Waals surface area contributed by atoms with Crippen molar-refractivity contribution in [3.05, 3.63) is 65.7 Å². The monoisotopic (exact) mass is 784 g/mol. The van der Waals surface area contributed by atoms with E-state index < -0.39 is 14.7 Å². The van der Waals surface area contributed by atoms with Crippen LogP contribution >= 0.6 is 11.3 Å². The number of carbonyl (C=O) groups excluding carboxylic acids is 1. The van der Waals surface area contributed by atoms with Crippen LogP contribution in [0.4, 0.5) is 4.39 Å². The number of nitrogens with zero attached hydrogens (tertiary/aromatic N) is 2. The molecular weight excluding hydrogens is 740 g/mol. The maximum absolute atomic E-state index is 13.7. The number of ketones is 1. The van der Waals surface area contributed by atoms with E-state index in [0.717, 1.165) is 57.9 Å². The molecule has 4 rings (SSSR count). The van der Waals surface area contributed by atoms with Gasteiger partial charge in [-0.05, 0) is 42.7 Å². The molecule has 0 amide bonds. The zero-order valence-corrected chi connectivity index (χ0v) is 30.3. The third-order valence-electron chi connectivity index (χ3n) is 7.73. The van der Waals surface area contributed by atoms with Crippen LogP contribution in [-0.2, 0) is 31.6 Å². The molecule has 229 valence electrons. The van der Waals surface area contributed by atoms with Gasteiger partial charge in [-0.2, -0.15) is 0 Å². The summed E-state index contributed by atoms with van der Waals surface area (Å²) in [5.74, 6) is 0.547. The Balaban J connectivity index is 0.000000334. The minimum absolute atomic E-state index is 0. The molecule has 0 aliphatic rings. The molecule has 4 aromatic rings.